The van der Waals surface area contributed by atoms with E-state index in [0.717, 1.165) is 21.0 Å². The van der Waals surface area contributed by atoms with Crippen molar-refractivity contribution < 1.29 is 9.18 Å². The Hall–Kier alpha value is -2.88. The minimum Gasteiger partial charge on any atom is -0.372 e. The molecule has 146 valence electrons. The minimum atomic E-state index is -0.287. The van der Waals surface area contributed by atoms with Crippen LogP contribution in [0.2, 0.25) is 5.02 Å². The van der Waals surface area contributed by atoms with Gasteiger partial charge in [0.1, 0.15) is 16.9 Å². The van der Waals surface area contributed by atoms with Gasteiger partial charge in [-0.25, -0.2) is 4.39 Å². The fraction of sp³-hybridized carbons (Fsp3) is 0.182. The predicted molar refractivity (Wildman–Crippen MR) is 113 cm³/mol. The Morgan fingerprint density at radius 2 is 2.10 bits per heavy atom. The van der Waals surface area contributed by atoms with E-state index in [2.05, 4.69) is 11.4 Å². The van der Waals surface area contributed by atoms with Gasteiger partial charge in [-0.2, -0.15) is 5.26 Å². The highest BCUT2D eigenvalue weighted by molar-refractivity contribution is 7.16. The van der Waals surface area contributed by atoms with Gasteiger partial charge < -0.3 is 10.2 Å². The van der Waals surface area contributed by atoms with Gasteiger partial charge in [0.2, 0.25) is 0 Å². The first-order valence-corrected chi connectivity index (χ1v) is 10.3. The van der Waals surface area contributed by atoms with Gasteiger partial charge in [0, 0.05) is 28.6 Å². The Morgan fingerprint density at radius 3 is 2.86 bits per heavy atom. The molecule has 0 spiro atoms. The van der Waals surface area contributed by atoms with E-state index in [0.29, 0.717) is 42.2 Å². The van der Waals surface area contributed by atoms with E-state index in [9.17, 15) is 14.4 Å². The molecule has 1 aliphatic heterocycles. The molecule has 7 heteroatoms. The van der Waals surface area contributed by atoms with Crippen LogP contribution in [0.15, 0.2) is 48.5 Å². The molecule has 1 aliphatic rings. The molecule has 0 saturated carbocycles. The summed E-state index contributed by atoms with van der Waals surface area (Å²) in [6, 6.07) is 15.6. The second-order valence-electron chi connectivity index (χ2n) is 6.79. The zero-order valence-corrected chi connectivity index (χ0v) is 17.0. The lowest BCUT2D eigenvalue weighted by atomic mass is 10.0. The summed E-state index contributed by atoms with van der Waals surface area (Å²) in [5.41, 5.74) is 2.98. The summed E-state index contributed by atoms with van der Waals surface area (Å²) in [5.74, 6) is -0.357. The topological polar surface area (TPSA) is 56.1 Å². The standard InChI is InChI=1S/C22H17ClFN3OS/c23-16-5-2-4-15(10-16)22(28)27-8-7-18-19(11-25)21(29-20(18)13-27)26-12-14-3-1-6-17(24)9-14/h1-6,9-10,26H,7-8,12-13H2. The fourth-order valence-corrected chi connectivity index (χ4v) is 4.85. The fourth-order valence-electron chi connectivity index (χ4n) is 3.45. The van der Waals surface area contributed by atoms with Crippen molar-refractivity contribution >= 4 is 33.8 Å². The third kappa shape index (κ3) is 4.12. The molecule has 29 heavy (non-hydrogen) atoms. The number of carbonyl (C=O) groups is 1. The molecule has 3 aromatic rings. The average Bonchev–Trinajstić information content (AvgIpc) is 3.08. The predicted octanol–water partition coefficient (Wildman–Crippen LogP) is 5.22. The first kappa shape index (κ1) is 19.4. The summed E-state index contributed by atoms with van der Waals surface area (Å²) in [6.45, 7) is 1.44. The highest BCUT2D eigenvalue weighted by Gasteiger charge is 2.27. The number of benzene rings is 2. The molecule has 0 radical (unpaired) electrons. The van der Waals surface area contributed by atoms with E-state index >= 15 is 0 Å². The van der Waals surface area contributed by atoms with Gasteiger partial charge in [-0.3, -0.25) is 4.79 Å². The van der Waals surface area contributed by atoms with E-state index in [1.165, 1.54) is 23.5 Å². The normalized spacial score (nSPS) is 12.9. The summed E-state index contributed by atoms with van der Waals surface area (Å²) in [4.78, 5) is 15.6. The number of amides is 1. The Morgan fingerprint density at radius 1 is 1.28 bits per heavy atom. The van der Waals surface area contributed by atoms with Gasteiger partial charge >= 0.3 is 0 Å². The third-order valence-corrected chi connectivity index (χ3v) is 6.28. The number of hydrogen-bond donors (Lipinski definition) is 1. The lowest BCUT2D eigenvalue weighted by molar-refractivity contribution is 0.0737. The molecule has 1 amide bonds. The van der Waals surface area contributed by atoms with Crippen LogP contribution >= 0.6 is 22.9 Å². The smallest absolute Gasteiger partial charge is 0.254 e. The van der Waals surface area contributed by atoms with Crippen molar-refractivity contribution in [1.29, 1.82) is 5.26 Å². The third-order valence-electron chi connectivity index (χ3n) is 4.87. The van der Waals surface area contributed by atoms with E-state index in [1.807, 2.05) is 6.07 Å². The van der Waals surface area contributed by atoms with E-state index in [4.69, 9.17) is 11.6 Å². The van der Waals surface area contributed by atoms with Gasteiger partial charge in [0.05, 0.1) is 12.1 Å². The van der Waals surface area contributed by atoms with E-state index < -0.39 is 0 Å². The van der Waals surface area contributed by atoms with Gasteiger partial charge in [-0.15, -0.1) is 11.3 Å². The largest absolute Gasteiger partial charge is 0.372 e. The number of fused-ring (bicyclic) bond motifs is 1. The molecule has 4 rings (SSSR count). The van der Waals surface area contributed by atoms with Crippen molar-refractivity contribution in [2.45, 2.75) is 19.5 Å². The molecular weight excluding hydrogens is 409 g/mol. The molecule has 1 N–H and O–H groups in total. The number of nitrogens with zero attached hydrogens (tertiary/aromatic N) is 2. The average molecular weight is 426 g/mol. The highest BCUT2D eigenvalue weighted by atomic mass is 35.5. The van der Waals surface area contributed by atoms with Crippen LogP contribution in [0.3, 0.4) is 0 Å². The highest BCUT2D eigenvalue weighted by Crippen LogP contribution is 2.37. The Labute approximate surface area is 177 Å². The molecule has 0 bridgehead atoms. The molecule has 0 atom stereocenters. The number of hydrogen-bond acceptors (Lipinski definition) is 4. The second kappa shape index (κ2) is 8.24. The lowest BCUT2D eigenvalue weighted by Gasteiger charge is -2.27. The van der Waals surface area contributed by atoms with Crippen LogP contribution in [-0.2, 0) is 19.5 Å². The van der Waals surface area contributed by atoms with Crippen LogP contribution in [0.5, 0.6) is 0 Å². The van der Waals surface area contributed by atoms with Gasteiger partial charge in [0.15, 0.2) is 0 Å². The molecular formula is C22H17ClFN3OS. The molecule has 2 aromatic carbocycles. The molecule has 0 fully saturated rings. The number of carbonyl (C=O) groups excluding carboxylic acids is 1. The zero-order valence-electron chi connectivity index (χ0n) is 15.4. The summed E-state index contributed by atoms with van der Waals surface area (Å²) < 4.78 is 13.4. The molecule has 2 heterocycles. The van der Waals surface area contributed by atoms with Crippen LogP contribution in [0.1, 0.15) is 31.9 Å². The van der Waals surface area contributed by atoms with Crippen LogP contribution in [0.25, 0.3) is 0 Å². The zero-order chi connectivity index (χ0) is 20.4. The summed E-state index contributed by atoms with van der Waals surface area (Å²) >= 11 is 7.49. The molecule has 1 aromatic heterocycles. The maximum absolute atomic E-state index is 13.4. The molecule has 0 saturated heterocycles. The van der Waals surface area contributed by atoms with Gasteiger partial charge in [-0.05, 0) is 47.9 Å². The van der Waals surface area contributed by atoms with Crippen molar-refractivity contribution in [3.8, 4) is 6.07 Å². The number of rotatable bonds is 4. The monoisotopic (exact) mass is 425 g/mol. The number of nitrogens with one attached hydrogen (secondary N) is 1. The van der Waals surface area contributed by atoms with Crippen molar-refractivity contribution in [2.24, 2.45) is 0 Å². The minimum absolute atomic E-state index is 0.0701. The SMILES string of the molecule is N#Cc1c(NCc2cccc(F)c2)sc2c1CCN(C(=O)c1cccc(Cl)c1)C2. The molecule has 0 unspecified atom stereocenters. The van der Waals surface area contributed by atoms with Crippen LogP contribution in [-0.4, -0.2) is 17.4 Å². The van der Waals surface area contributed by atoms with Gasteiger partial charge in [0.25, 0.3) is 5.91 Å². The van der Waals surface area contributed by atoms with Gasteiger partial charge in [-0.1, -0.05) is 29.8 Å². The Balaban J connectivity index is 1.53. The molecule has 0 aliphatic carbocycles. The summed E-state index contributed by atoms with van der Waals surface area (Å²) in [7, 11) is 0. The number of thiophene rings is 1. The lowest BCUT2D eigenvalue weighted by Crippen LogP contribution is -2.35. The van der Waals surface area contributed by atoms with Crippen molar-refractivity contribution in [3.05, 3.63) is 86.5 Å². The maximum Gasteiger partial charge on any atom is 0.254 e. The molecule has 4 nitrogen and oxygen atoms in total. The maximum atomic E-state index is 13.4. The number of anilines is 1. The van der Waals surface area contributed by atoms with Crippen molar-refractivity contribution in [3.63, 3.8) is 0 Å². The van der Waals surface area contributed by atoms with Crippen LogP contribution in [0.4, 0.5) is 9.39 Å². The summed E-state index contributed by atoms with van der Waals surface area (Å²) in [5, 5.41) is 14.2. The first-order chi connectivity index (χ1) is 14.0. The van der Waals surface area contributed by atoms with Crippen molar-refractivity contribution in [2.75, 3.05) is 11.9 Å². The summed E-state index contributed by atoms with van der Waals surface area (Å²) in [6.07, 6.45) is 0.628. The van der Waals surface area contributed by atoms with Crippen LogP contribution in [0, 0.1) is 17.1 Å². The van der Waals surface area contributed by atoms with E-state index in [1.54, 1.807) is 35.2 Å². The Bertz CT molecular complexity index is 1120. The Kier molecular flexibility index (Phi) is 5.52. The quantitative estimate of drug-likeness (QED) is 0.623. The second-order valence-corrected chi connectivity index (χ2v) is 8.33. The number of halogens is 2. The van der Waals surface area contributed by atoms with E-state index in [-0.39, 0.29) is 11.7 Å². The van der Waals surface area contributed by atoms with Crippen molar-refractivity contribution in [1.82, 2.24) is 4.90 Å². The first-order valence-electron chi connectivity index (χ1n) is 9.13. The number of nitriles is 1. The van der Waals surface area contributed by atoms with Crippen LogP contribution < -0.4 is 5.32 Å².